The van der Waals surface area contributed by atoms with Gasteiger partial charge in [0.2, 0.25) is 5.78 Å². The van der Waals surface area contributed by atoms with Crippen LogP contribution in [0.1, 0.15) is 34.1 Å². The van der Waals surface area contributed by atoms with E-state index >= 15 is 0 Å². The van der Waals surface area contributed by atoms with Gasteiger partial charge in [0, 0.05) is 17.8 Å². The fourth-order valence-electron chi connectivity index (χ4n) is 2.85. The molecule has 1 aromatic heterocycles. The standard InChI is InChI=1S/C16H14ClNO4/c1-22-10-4-2-3-9(7-10)15(19)14-12(17)8-13-11(16(20)21)5-6-18(13)14/h2-4,7-8,11H,5-6H2,1H3,(H,20,21). The first-order valence-corrected chi connectivity index (χ1v) is 7.21. The summed E-state index contributed by atoms with van der Waals surface area (Å²) in [5, 5.41) is 9.51. The van der Waals surface area contributed by atoms with Gasteiger partial charge in [-0.1, -0.05) is 23.7 Å². The van der Waals surface area contributed by atoms with Crippen LogP contribution in [-0.2, 0) is 11.3 Å². The Morgan fingerprint density at radius 1 is 1.36 bits per heavy atom. The van der Waals surface area contributed by atoms with Crippen LogP contribution in [0.3, 0.4) is 0 Å². The summed E-state index contributed by atoms with van der Waals surface area (Å²) in [6, 6.07) is 8.39. The molecule has 1 unspecified atom stereocenters. The Labute approximate surface area is 132 Å². The van der Waals surface area contributed by atoms with Crippen LogP contribution in [0.4, 0.5) is 0 Å². The first kappa shape index (κ1) is 14.7. The minimum absolute atomic E-state index is 0.235. The van der Waals surface area contributed by atoms with Gasteiger partial charge in [-0.3, -0.25) is 9.59 Å². The van der Waals surface area contributed by atoms with Gasteiger partial charge in [-0.25, -0.2) is 0 Å². The number of carbonyl (C=O) groups excluding carboxylic acids is 1. The minimum Gasteiger partial charge on any atom is -0.497 e. The minimum atomic E-state index is -0.895. The average molecular weight is 320 g/mol. The monoisotopic (exact) mass is 319 g/mol. The molecule has 2 aromatic rings. The first-order chi connectivity index (χ1) is 10.5. The summed E-state index contributed by atoms with van der Waals surface area (Å²) < 4.78 is 6.84. The Kier molecular flexibility index (Phi) is 3.66. The van der Waals surface area contributed by atoms with Crippen molar-refractivity contribution in [1.29, 1.82) is 0 Å². The number of carbonyl (C=O) groups is 2. The molecular weight excluding hydrogens is 306 g/mol. The van der Waals surface area contributed by atoms with Crippen LogP contribution in [-0.4, -0.2) is 28.5 Å². The average Bonchev–Trinajstić information content (AvgIpc) is 3.04. The summed E-state index contributed by atoms with van der Waals surface area (Å²) in [7, 11) is 1.53. The third-order valence-corrected chi connectivity index (χ3v) is 4.21. The van der Waals surface area contributed by atoms with Gasteiger partial charge >= 0.3 is 5.97 Å². The molecule has 0 saturated heterocycles. The van der Waals surface area contributed by atoms with Crippen molar-refractivity contribution in [2.45, 2.75) is 18.9 Å². The van der Waals surface area contributed by atoms with Crippen molar-refractivity contribution in [3.63, 3.8) is 0 Å². The third kappa shape index (κ3) is 2.27. The molecule has 0 bridgehead atoms. The Hall–Kier alpha value is -2.27. The second-order valence-electron chi connectivity index (χ2n) is 5.16. The highest BCUT2D eigenvalue weighted by Gasteiger charge is 2.33. The van der Waals surface area contributed by atoms with E-state index in [1.54, 1.807) is 34.9 Å². The lowest BCUT2D eigenvalue weighted by atomic mass is 10.1. The number of rotatable bonds is 4. The van der Waals surface area contributed by atoms with Crippen LogP contribution >= 0.6 is 11.6 Å². The lowest BCUT2D eigenvalue weighted by molar-refractivity contribution is -0.138. The highest BCUT2D eigenvalue weighted by Crippen LogP contribution is 2.36. The van der Waals surface area contributed by atoms with Gasteiger partial charge < -0.3 is 14.4 Å². The van der Waals surface area contributed by atoms with Crippen LogP contribution < -0.4 is 4.74 Å². The molecular formula is C16H14ClNO4. The van der Waals surface area contributed by atoms with E-state index < -0.39 is 11.9 Å². The van der Waals surface area contributed by atoms with Gasteiger partial charge in [0.15, 0.2) is 0 Å². The smallest absolute Gasteiger partial charge is 0.312 e. The molecule has 0 fully saturated rings. The molecule has 3 rings (SSSR count). The molecule has 22 heavy (non-hydrogen) atoms. The summed E-state index contributed by atoms with van der Waals surface area (Å²) in [5.41, 5.74) is 1.39. The SMILES string of the molecule is COc1cccc(C(=O)c2c(Cl)cc3n2CCC3C(=O)O)c1. The second kappa shape index (κ2) is 5.50. The normalized spacial score (nSPS) is 16.4. The van der Waals surface area contributed by atoms with Crippen molar-refractivity contribution in [2.75, 3.05) is 7.11 Å². The molecule has 0 spiro atoms. The van der Waals surface area contributed by atoms with Gasteiger partial charge in [0.25, 0.3) is 0 Å². The van der Waals surface area contributed by atoms with Crippen molar-refractivity contribution in [2.24, 2.45) is 0 Å². The fourth-order valence-corrected chi connectivity index (χ4v) is 3.15. The van der Waals surface area contributed by atoms with Crippen LogP contribution in [0.15, 0.2) is 30.3 Å². The summed E-state index contributed by atoms with van der Waals surface area (Å²) in [4.78, 5) is 24.0. The predicted octanol–water partition coefficient (Wildman–Crippen LogP) is 2.95. The number of carboxylic acid groups (broad SMARTS) is 1. The molecule has 0 radical (unpaired) electrons. The number of halogens is 1. The van der Waals surface area contributed by atoms with Crippen LogP contribution in [0.25, 0.3) is 0 Å². The van der Waals surface area contributed by atoms with Crippen LogP contribution in [0.2, 0.25) is 5.02 Å². The molecule has 1 aromatic carbocycles. The number of ether oxygens (including phenoxy) is 1. The van der Waals surface area contributed by atoms with Gasteiger partial charge in [0.1, 0.15) is 11.4 Å². The molecule has 2 heterocycles. The maximum absolute atomic E-state index is 12.7. The number of aliphatic carboxylic acids is 1. The Balaban J connectivity index is 2.04. The van der Waals surface area contributed by atoms with E-state index in [2.05, 4.69) is 0 Å². The van der Waals surface area contributed by atoms with Crippen LogP contribution in [0.5, 0.6) is 5.75 Å². The molecule has 6 heteroatoms. The number of carboxylic acids is 1. The van der Waals surface area contributed by atoms with Crippen molar-refractivity contribution in [3.8, 4) is 5.75 Å². The molecule has 114 valence electrons. The maximum atomic E-state index is 12.7. The topological polar surface area (TPSA) is 68.5 Å². The summed E-state index contributed by atoms with van der Waals surface area (Å²) in [6.45, 7) is 0.476. The van der Waals surface area contributed by atoms with E-state index in [9.17, 15) is 14.7 Å². The lowest BCUT2D eigenvalue weighted by Crippen LogP contribution is -2.10. The summed E-state index contributed by atoms with van der Waals surface area (Å²) in [6.07, 6.45) is 0.472. The van der Waals surface area contributed by atoms with Crippen molar-refractivity contribution >= 4 is 23.4 Å². The van der Waals surface area contributed by atoms with E-state index in [0.717, 1.165) is 0 Å². The predicted molar refractivity (Wildman–Crippen MR) is 80.9 cm³/mol. The Morgan fingerprint density at radius 2 is 2.14 bits per heavy atom. The van der Waals surface area contributed by atoms with E-state index in [1.807, 2.05) is 0 Å². The number of benzene rings is 1. The molecule has 1 aliphatic rings. The summed E-state index contributed by atoms with van der Waals surface area (Å²) in [5.74, 6) is -1.16. The van der Waals surface area contributed by atoms with Gasteiger partial charge in [0.05, 0.1) is 18.1 Å². The number of aromatic nitrogens is 1. The third-order valence-electron chi connectivity index (χ3n) is 3.93. The van der Waals surface area contributed by atoms with Gasteiger partial charge in [-0.05, 0) is 24.6 Å². The number of fused-ring (bicyclic) bond motifs is 1. The zero-order valence-electron chi connectivity index (χ0n) is 11.9. The molecule has 5 nitrogen and oxygen atoms in total. The van der Waals surface area contributed by atoms with Gasteiger partial charge in [-0.15, -0.1) is 0 Å². The molecule has 1 N–H and O–H groups in total. The first-order valence-electron chi connectivity index (χ1n) is 6.83. The van der Waals surface area contributed by atoms with E-state index in [1.165, 1.54) is 7.11 Å². The highest BCUT2D eigenvalue weighted by atomic mass is 35.5. The number of nitrogens with zero attached hydrogens (tertiary/aromatic N) is 1. The number of hydrogen-bond donors (Lipinski definition) is 1. The fraction of sp³-hybridized carbons (Fsp3) is 0.250. The van der Waals surface area contributed by atoms with Crippen molar-refractivity contribution < 1.29 is 19.4 Å². The highest BCUT2D eigenvalue weighted by molar-refractivity contribution is 6.35. The Bertz CT molecular complexity index is 766. The largest absolute Gasteiger partial charge is 0.497 e. The molecule has 0 amide bonds. The quantitative estimate of drug-likeness (QED) is 0.880. The van der Waals surface area contributed by atoms with E-state index in [-0.39, 0.29) is 10.8 Å². The molecule has 0 saturated carbocycles. The van der Waals surface area contributed by atoms with Crippen molar-refractivity contribution in [1.82, 2.24) is 4.57 Å². The Morgan fingerprint density at radius 3 is 2.82 bits per heavy atom. The lowest BCUT2D eigenvalue weighted by Gasteiger charge is -2.07. The number of ketones is 1. The second-order valence-corrected chi connectivity index (χ2v) is 5.57. The van der Waals surface area contributed by atoms with Crippen LogP contribution in [0, 0.1) is 0 Å². The zero-order chi connectivity index (χ0) is 15.9. The molecule has 1 atom stereocenters. The number of methoxy groups -OCH3 is 1. The summed E-state index contributed by atoms with van der Waals surface area (Å²) >= 11 is 6.19. The van der Waals surface area contributed by atoms with Crippen molar-refractivity contribution in [3.05, 3.63) is 52.3 Å². The molecule has 1 aliphatic heterocycles. The maximum Gasteiger partial charge on any atom is 0.312 e. The van der Waals surface area contributed by atoms with E-state index in [4.69, 9.17) is 16.3 Å². The zero-order valence-corrected chi connectivity index (χ0v) is 12.6. The van der Waals surface area contributed by atoms with E-state index in [0.29, 0.717) is 35.7 Å². The van der Waals surface area contributed by atoms with Gasteiger partial charge in [-0.2, -0.15) is 0 Å². The molecule has 0 aliphatic carbocycles. The number of hydrogen-bond acceptors (Lipinski definition) is 3.